The predicted molar refractivity (Wildman–Crippen MR) is 195 cm³/mol. The Hall–Kier alpha value is -3.29. The molecule has 0 bridgehead atoms. The van der Waals surface area contributed by atoms with Crippen LogP contribution in [0.5, 0.6) is 0 Å². The van der Waals surface area contributed by atoms with E-state index in [0.29, 0.717) is 24.3 Å². The number of carboxylic acids is 1. The van der Waals surface area contributed by atoms with Gasteiger partial charge in [0.1, 0.15) is 6.17 Å². The number of hydrogen-bond donors (Lipinski definition) is 3. The van der Waals surface area contributed by atoms with E-state index in [9.17, 15) is 18.7 Å². The summed E-state index contributed by atoms with van der Waals surface area (Å²) in [4.78, 5) is 39.4. The normalized spacial score (nSPS) is 20.3. The van der Waals surface area contributed by atoms with Crippen LogP contribution in [-0.2, 0) is 19.8 Å². The zero-order chi connectivity index (χ0) is 35.1. The summed E-state index contributed by atoms with van der Waals surface area (Å²) < 4.78 is 19.0. The first-order valence-corrected chi connectivity index (χ1v) is 18.0. The third kappa shape index (κ3) is 8.28. The van der Waals surface area contributed by atoms with Gasteiger partial charge in [0.25, 0.3) is 5.91 Å². The van der Waals surface area contributed by atoms with Crippen LogP contribution in [0, 0.1) is 5.41 Å². The summed E-state index contributed by atoms with van der Waals surface area (Å²) in [6.45, 7) is 10.0. The van der Waals surface area contributed by atoms with Gasteiger partial charge < -0.3 is 24.0 Å². The van der Waals surface area contributed by atoms with E-state index in [4.69, 9.17) is 14.9 Å². The fourth-order valence-electron chi connectivity index (χ4n) is 6.46. The molecule has 1 unspecified atom stereocenters. The van der Waals surface area contributed by atoms with E-state index in [1.807, 2.05) is 48.7 Å². The van der Waals surface area contributed by atoms with Crippen LogP contribution in [0.25, 0.3) is 0 Å². The molecule has 0 saturated carbocycles. The van der Waals surface area contributed by atoms with Crippen LogP contribution in [0.15, 0.2) is 87.6 Å². The largest absolute Gasteiger partial charge is 0.481 e. The van der Waals surface area contributed by atoms with Crippen LogP contribution in [-0.4, -0.2) is 80.9 Å². The number of hydroxylamine groups is 2. The van der Waals surface area contributed by atoms with Crippen molar-refractivity contribution in [3.63, 3.8) is 0 Å². The number of rotatable bonds is 16. The van der Waals surface area contributed by atoms with Gasteiger partial charge in [-0.15, -0.1) is 0 Å². The first kappa shape index (κ1) is 37.5. The Balaban J connectivity index is 1.56. The maximum atomic E-state index is 13.0. The average molecular weight is 697 g/mol. The molecule has 10 nitrogen and oxygen atoms in total. The van der Waals surface area contributed by atoms with E-state index in [-0.39, 0.29) is 23.9 Å². The molecule has 0 aliphatic carbocycles. The van der Waals surface area contributed by atoms with Crippen LogP contribution in [0.4, 0.5) is 5.69 Å². The molecule has 0 spiro atoms. The highest BCUT2D eigenvalue weighted by Gasteiger charge is 2.43. The zero-order valence-electron chi connectivity index (χ0n) is 28.7. The maximum Gasteiger partial charge on any atom is 0.303 e. The van der Waals surface area contributed by atoms with E-state index in [0.717, 1.165) is 83.0 Å². The molecule has 3 aliphatic heterocycles. The standard InChI is InChI=1S/C36H48N4O6S2/c1-35(2)28-22-25(34(43)38(5)46-6)24-39(19-13-21-47-44)33(28)37-30(35)14-9-7-10-15-31-36(3,4)27-23-26(48-45)17-18-29(27)40(31)20-12-8-11-16-32(41)42/h7,9-10,14-15,17-18,22-24,33,44-45H,8,11-13,16,19-21H2,1-6H3,(H,41,42)/b10-7+,14-9+,31-15+. The third-order valence-corrected chi connectivity index (χ3v) is 10.2. The highest BCUT2D eigenvalue weighted by atomic mass is 32.2. The van der Waals surface area contributed by atoms with Gasteiger partial charge in [0.15, 0.2) is 0 Å². The molecule has 1 amide bonds. The molecule has 1 aromatic rings. The number of nitrogens with zero attached hydrogens (tertiary/aromatic N) is 4. The lowest BCUT2D eigenvalue weighted by atomic mass is 9.78. The predicted octanol–water partition coefficient (Wildman–Crippen LogP) is 7.54. The van der Waals surface area contributed by atoms with Crippen molar-refractivity contribution in [2.45, 2.75) is 76.3 Å². The van der Waals surface area contributed by atoms with Crippen molar-refractivity contribution in [1.82, 2.24) is 9.96 Å². The fourth-order valence-corrected chi connectivity index (χ4v) is 7.02. The number of amides is 1. The third-order valence-electron chi connectivity index (χ3n) is 9.26. The Kier molecular flexibility index (Phi) is 12.8. The van der Waals surface area contributed by atoms with Crippen LogP contribution >= 0.6 is 24.1 Å². The number of hydrogen-bond acceptors (Lipinski definition) is 10. The Morgan fingerprint density at radius 1 is 1.04 bits per heavy atom. The smallest absolute Gasteiger partial charge is 0.303 e. The van der Waals surface area contributed by atoms with Gasteiger partial charge >= 0.3 is 5.97 Å². The molecule has 12 heteroatoms. The minimum absolute atomic E-state index is 0.179. The van der Waals surface area contributed by atoms with Crippen molar-refractivity contribution >= 4 is 47.4 Å². The van der Waals surface area contributed by atoms with E-state index >= 15 is 0 Å². The molecule has 3 N–H and O–H groups in total. The van der Waals surface area contributed by atoms with Crippen LogP contribution in [0.2, 0.25) is 0 Å². The lowest BCUT2D eigenvalue weighted by Crippen LogP contribution is -2.38. The van der Waals surface area contributed by atoms with Crippen molar-refractivity contribution in [1.29, 1.82) is 0 Å². The van der Waals surface area contributed by atoms with Crippen LogP contribution in [0.1, 0.15) is 65.4 Å². The average Bonchev–Trinajstić information content (AvgIpc) is 3.44. The number of unbranched alkanes of at least 4 members (excludes halogenated alkanes) is 2. The van der Waals surface area contributed by atoms with Crippen LogP contribution in [0.3, 0.4) is 0 Å². The number of allylic oxidation sites excluding steroid dienone is 6. The molecule has 3 heterocycles. The molecule has 0 aromatic heterocycles. The Bertz CT molecular complexity index is 1540. The summed E-state index contributed by atoms with van der Waals surface area (Å²) in [5.74, 6) is -0.416. The van der Waals surface area contributed by atoms with Gasteiger partial charge in [-0.1, -0.05) is 52.3 Å². The first-order valence-electron chi connectivity index (χ1n) is 16.2. The van der Waals surface area contributed by atoms with Gasteiger partial charge in [-0.3, -0.25) is 19.4 Å². The Morgan fingerprint density at radius 2 is 1.81 bits per heavy atom. The number of fused-ring (bicyclic) bond motifs is 2. The Morgan fingerprint density at radius 3 is 2.50 bits per heavy atom. The van der Waals surface area contributed by atoms with E-state index in [1.165, 1.54) is 12.2 Å². The number of carbonyl (C=O) groups excluding carboxylic acids is 1. The number of carboxylic acid groups (broad SMARTS) is 1. The molecular weight excluding hydrogens is 649 g/mol. The van der Waals surface area contributed by atoms with E-state index in [1.54, 1.807) is 7.05 Å². The highest BCUT2D eigenvalue weighted by molar-refractivity contribution is 7.94. The molecule has 1 aromatic carbocycles. The minimum atomic E-state index is -0.765. The second-order valence-corrected chi connectivity index (χ2v) is 14.5. The number of carbonyl (C=O) groups is 2. The van der Waals surface area contributed by atoms with Crippen molar-refractivity contribution in [3.8, 4) is 0 Å². The molecule has 0 radical (unpaired) electrons. The zero-order valence-corrected chi connectivity index (χ0v) is 30.3. The monoisotopic (exact) mass is 696 g/mol. The molecule has 3 aliphatic rings. The summed E-state index contributed by atoms with van der Waals surface area (Å²) in [6.07, 6.45) is 17.0. The lowest BCUT2D eigenvalue weighted by Gasteiger charge is -2.34. The summed E-state index contributed by atoms with van der Waals surface area (Å²) >= 11 is 1.55. The number of aliphatic imine (C=N–C) groups is 1. The maximum absolute atomic E-state index is 13.0. The lowest BCUT2D eigenvalue weighted by molar-refractivity contribution is -0.163. The van der Waals surface area contributed by atoms with Gasteiger partial charge in [0.05, 0.1) is 12.7 Å². The van der Waals surface area contributed by atoms with Gasteiger partial charge in [-0.25, -0.2) is 5.06 Å². The van der Waals surface area contributed by atoms with Gasteiger partial charge in [-0.2, -0.15) is 0 Å². The van der Waals surface area contributed by atoms with E-state index in [2.05, 4.69) is 49.6 Å². The second-order valence-electron chi connectivity index (χ2n) is 13.2. The van der Waals surface area contributed by atoms with Crippen molar-refractivity contribution < 1.29 is 28.6 Å². The highest BCUT2D eigenvalue weighted by Crippen LogP contribution is 2.49. The molecular formula is C36H48N4O6S2. The molecule has 0 fully saturated rings. The number of anilines is 1. The van der Waals surface area contributed by atoms with Crippen molar-refractivity contribution in [2.75, 3.05) is 37.9 Å². The summed E-state index contributed by atoms with van der Waals surface area (Å²) in [5, 5.41) is 10.2. The molecule has 0 saturated heterocycles. The van der Waals surface area contributed by atoms with Gasteiger partial charge in [0.2, 0.25) is 0 Å². The van der Waals surface area contributed by atoms with Crippen molar-refractivity contribution in [3.05, 3.63) is 83.3 Å². The molecule has 1 atom stereocenters. The van der Waals surface area contributed by atoms with Crippen molar-refractivity contribution in [2.24, 2.45) is 10.4 Å². The number of benzene rings is 1. The molecule has 48 heavy (non-hydrogen) atoms. The number of likely N-dealkylation sites (N-methyl/N-ethyl adjacent to an activating group) is 1. The first-order chi connectivity index (χ1) is 22.9. The van der Waals surface area contributed by atoms with E-state index < -0.39 is 11.4 Å². The summed E-state index contributed by atoms with van der Waals surface area (Å²) in [6, 6.07) is 6.02. The summed E-state index contributed by atoms with van der Waals surface area (Å²) in [7, 11) is 3.05. The molecule has 260 valence electrons. The molecule has 4 rings (SSSR count). The van der Waals surface area contributed by atoms with Gasteiger partial charge in [0, 0.05) is 83.4 Å². The fraction of sp³-hybridized carbons (Fsp3) is 0.472. The quantitative estimate of drug-likeness (QED) is 0.0691. The summed E-state index contributed by atoms with van der Waals surface area (Å²) in [5.41, 5.74) is 5.13. The minimum Gasteiger partial charge on any atom is -0.481 e. The number of aliphatic carboxylic acids is 1. The SMILES string of the molecule is CON(C)C(=O)C1=CN(CCCSO)C2N=C(/C=C/C=C/C=C3/N(CCCCCC(=O)O)c4ccc(SO)cc4C3(C)C)C(C)(C)C2=C1. The topological polar surface area (TPSA) is 126 Å². The van der Waals surface area contributed by atoms with Crippen LogP contribution < -0.4 is 4.90 Å². The Labute approximate surface area is 293 Å². The second kappa shape index (κ2) is 16.4. The van der Waals surface area contributed by atoms with Gasteiger partial charge in [-0.05, 0) is 78.9 Å².